The van der Waals surface area contributed by atoms with E-state index in [9.17, 15) is 18.0 Å². The van der Waals surface area contributed by atoms with E-state index in [4.69, 9.17) is 34.8 Å². The first-order valence-electron chi connectivity index (χ1n) is 9.68. The molecular weight excluding hydrogens is 497 g/mol. The zero-order chi connectivity index (χ0) is 24.1. The number of carbonyl (C=O) groups excluding carboxylic acids is 2. The van der Waals surface area contributed by atoms with Crippen molar-refractivity contribution in [1.29, 1.82) is 0 Å². The average molecular weight is 521 g/mol. The van der Waals surface area contributed by atoms with Gasteiger partial charge in [-0.05, 0) is 49.7 Å². The van der Waals surface area contributed by atoms with Gasteiger partial charge in [-0.25, -0.2) is 8.42 Å². The van der Waals surface area contributed by atoms with Crippen molar-refractivity contribution in [2.24, 2.45) is 0 Å². The molecule has 7 nitrogen and oxygen atoms in total. The van der Waals surface area contributed by atoms with Gasteiger partial charge in [-0.1, -0.05) is 46.9 Å². The molecular formula is C21H24Cl3N3O4S. The molecule has 0 aliphatic carbocycles. The molecule has 2 aromatic rings. The number of amides is 2. The molecule has 1 N–H and O–H groups in total. The molecule has 2 amide bonds. The van der Waals surface area contributed by atoms with E-state index in [0.29, 0.717) is 22.2 Å². The minimum absolute atomic E-state index is 0.0592. The van der Waals surface area contributed by atoms with Gasteiger partial charge in [0, 0.05) is 23.1 Å². The van der Waals surface area contributed by atoms with Crippen LogP contribution in [0.3, 0.4) is 0 Å². The first-order chi connectivity index (χ1) is 14.9. The molecule has 0 saturated carbocycles. The zero-order valence-corrected chi connectivity index (χ0v) is 20.9. The molecule has 0 spiro atoms. The van der Waals surface area contributed by atoms with Gasteiger partial charge < -0.3 is 10.2 Å². The Kier molecular flexibility index (Phi) is 9.21. The van der Waals surface area contributed by atoms with Gasteiger partial charge in [0.2, 0.25) is 21.8 Å². The van der Waals surface area contributed by atoms with Crippen LogP contribution in [0.5, 0.6) is 0 Å². The van der Waals surface area contributed by atoms with Crippen LogP contribution in [0.15, 0.2) is 42.5 Å². The van der Waals surface area contributed by atoms with E-state index in [1.54, 1.807) is 38.1 Å². The molecule has 0 aliphatic rings. The standard InChI is InChI=1S/C21H24Cl3N3O4S/c1-4-25-21(29)14(2)26(12-15-6-5-7-16(22)10-15)20(28)13-27(32(3,30)31)19-9-8-17(23)11-18(19)24/h5-11,14H,4,12-13H2,1-3H3,(H,25,29). The minimum Gasteiger partial charge on any atom is -0.355 e. The van der Waals surface area contributed by atoms with Gasteiger partial charge in [-0.15, -0.1) is 0 Å². The number of likely N-dealkylation sites (N-methyl/N-ethyl adjacent to an activating group) is 1. The Morgan fingerprint density at radius 2 is 1.72 bits per heavy atom. The predicted octanol–water partition coefficient (Wildman–Crippen LogP) is 3.97. The SMILES string of the molecule is CCNC(=O)C(C)N(Cc1cccc(Cl)c1)C(=O)CN(c1ccc(Cl)cc1Cl)S(C)(=O)=O. The second-order valence-electron chi connectivity index (χ2n) is 7.09. The highest BCUT2D eigenvalue weighted by molar-refractivity contribution is 7.92. The smallest absolute Gasteiger partial charge is 0.244 e. The Labute approximate surface area is 203 Å². The number of carbonyl (C=O) groups is 2. The van der Waals surface area contributed by atoms with Gasteiger partial charge in [0.15, 0.2) is 0 Å². The molecule has 0 radical (unpaired) electrons. The second kappa shape index (κ2) is 11.2. The van der Waals surface area contributed by atoms with Crippen molar-refractivity contribution in [3.8, 4) is 0 Å². The van der Waals surface area contributed by atoms with E-state index in [-0.39, 0.29) is 23.2 Å². The minimum atomic E-state index is -3.88. The van der Waals surface area contributed by atoms with Crippen molar-refractivity contribution in [2.75, 3.05) is 23.7 Å². The van der Waals surface area contributed by atoms with Crippen molar-refractivity contribution in [1.82, 2.24) is 10.2 Å². The van der Waals surface area contributed by atoms with Crippen LogP contribution in [0.4, 0.5) is 5.69 Å². The normalized spacial score (nSPS) is 12.2. The second-order valence-corrected chi connectivity index (χ2v) is 10.3. The Bertz CT molecular complexity index is 1100. The summed E-state index contributed by atoms with van der Waals surface area (Å²) >= 11 is 18.2. The maximum atomic E-state index is 13.3. The molecule has 1 unspecified atom stereocenters. The Morgan fingerprint density at radius 3 is 2.28 bits per heavy atom. The third-order valence-electron chi connectivity index (χ3n) is 4.62. The molecule has 1 atom stereocenters. The monoisotopic (exact) mass is 519 g/mol. The molecule has 32 heavy (non-hydrogen) atoms. The molecule has 2 aromatic carbocycles. The molecule has 0 bridgehead atoms. The van der Waals surface area contributed by atoms with Crippen LogP contribution in [-0.2, 0) is 26.2 Å². The number of halogens is 3. The fraction of sp³-hybridized carbons (Fsp3) is 0.333. The molecule has 174 valence electrons. The number of sulfonamides is 1. The van der Waals surface area contributed by atoms with Crippen LogP contribution >= 0.6 is 34.8 Å². The maximum absolute atomic E-state index is 13.3. The number of hydrogen-bond acceptors (Lipinski definition) is 4. The van der Waals surface area contributed by atoms with Gasteiger partial charge in [0.05, 0.1) is 17.0 Å². The number of rotatable bonds is 9. The largest absolute Gasteiger partial charge is 0.355 e. The van der Waals surface area contributed by atoms with Crippen molar-refractivity contribution in [2.45, 2.75) is 26.4 Å². The van der Waals surface area contributed by atoms with E-state index in [0.717, 1.165) is 10.6 Å². The summed E-state index contributed by atoms with van der Waals surface area (Å²) in [7, 11) is -3.88. The summed E-state index contributed by atoms with van der Waals surface area (Å²) in [6, 6.07) is 10.3. The summed E-state index contributed by atoms with van der Waals surface area (Å²) in [4.78, 5) is 27.1. The highest BCUT2D eigenvalue weighted by atomic mass is 35.5. The molecule has 11 heteroatoms. The Morgan fingerprint density at radius 1 is 1.06 bits per heavy atom. The van der Waals surface area contributed by atoms with Gasteiger partial charge in [0.1, 0.15) is 12.6 Å². The molecule has 0 aromatic heterocycles. The van der Waals surface area contributed by atoms with Crippen molar-refractivity contribution in [3.63, 3.8) is 0 Å². The summed E-state index contributed by atoms with van der Waals surface area (Å²) in [5.74, 6) is -0.946. The lowest BCUT2D eigenvalue weighted by atomic mass is 10.1. The lowest BCUT2D eigenvalue weighted by Crippen LogP contribution is -2.51. The first kappa shape index (κ1) is 26.3. The van der Waals surface area contributed by atoms with Crippen LogP contribution in [-0.4, -0.2) is 50.5 Å². The third-order valence-corrected chi connectivity index (χ3v) is 6.52. The summed E-state index contributed by atoms with van der Waals surface area (Å²) in [5.41, 5.74) is 0.803. The average Bonchev–Trinajstić information content (AvgIpc) is 2.69. The van der Waals surface area contributed by atoms with Crippen molar-refractivity contribution < 1.29 is 18.0 Å². The summed E-state index contributed by atoms with van der Waals surface area (Å²) in [5, 5.41) is 3.56. The van der Waals surface area contributed by atoms with E-state index < -0.39 is 28.5 Å². The number of hydrogen-bond donors (Lipinski definition) is 1. The summed E-state index contributed by atoms with van der Waals surface area (Å²) in [6.45, 7) is 3.24. The quantitative estimate of drug-likeness (QED) is 0.542. The number of anilines is 1. The van der Waals surface area contributed by atoms with Crippen LogP contribution in [0.1, 0.15) is 19.4 Å². The number of benzene rings is 2. The fourth-order valence-electron chi connectivity index (χ4n) is 3.01. The highest BCUT2D eigenvalue weighted by Crippen LogP contribution is 2.30. The summed E-state index contributed by atoms with van der Waals surface area (Å²) in [6.07, 6.45) is 0.972. The Hall–Kier alpha value is -2.00. The van der Waals surface area contributed by atoms with E-state index in [1.165, 1.54) is 23.1 Å². The Balaban J connectivity index is 2.42. The van der Waals surface area contributed by atoms with Crippen LogP contribution < -0.4 is 9.62 Å². The summed E-state index contributed by atoms with van der Waals surface area (Å²) < 4.78 is 25.9. The lowest BCUT2D eigenvalue weighted by molar-refractivity contribution is -0.139. The van der Waals surface area contributed by atoms with Gasteiger partial charge in [0.25, 0.3) is 0 Å². The van der Waals surface area contributed by atoms with E-state index in [2.05, 4.69) is 5.32 Å². The fourth-order valence-corrected chi connectivity index (χ4v) is 4.65. The predicted molar refractivity (Wildman–Crippen MR) is 129 cm³/mol. The molecule has 0 aliphatic heterocycles. The van der Waals surface area contributed by atoms with Gasteiger partial charge in [-0.3, -0.25) is 13.9 Å². The van der Waals surface area contributed by atoms with Crippen LogP contribution in [0.25, 0.3) is 0 Å². The van der Waals surface area contributed by atoms with Crippen LogP contribution in [0.2, 0.25) is 15.1 Å². The molecule has 0 fully saturated rings. The molecule has 0 saturated heterocycles. The van der Waals surface area contributed by atoms with Gasteiger partial charge >= 0.3 is 0 Å². The zero-order valence-electron chi connectivity index (χ0n) is 17.8. The highest BCUT2D eigenvalue weighted by Gasteiger charge is 2.30. The van der Waals surface area contributed by atoms with Crippen molar-refractivity contribution in [3.05, 3.63) is 63.1 Å². The first-order valence-corrected chi connectivity index (χ1v) is 12.7. The molecule has 0 heterocycles. The maximum Gasteiger partial charge on any atom is 0.244 e. The third kappa shape index (κ3) is 7.00. The van der Waals surface area contributed by atoms with Crippen molar-refractivity contribution >= 4 is 62.3 Å². The lowest BCUT2D eigenvalue weighted by Gasteiger charge is -2.31. The number of nitrogens with one attached hydrogen (secondary N) is 1. The van der Waals surface area contributed by atoms with E-state index >= 15 is 0 Å². The number of nitrogens with zero attached hydrogens (tertiary/aromatic N) is 2. The van der Waals surface area contributed by atoms with Crippen LogP contribution in [0, 0.1) is 0 Å². The van der Waals surface area contributed by atoms with E-state index in [1.807, 2.05) is 0 Å². The van der Waals surface area contributed by atoms with Gasteiger partial charge in [-0.2, -0.15) is 0 Å². The molecule has 2 rings (SSSR count). The topological polar surface area (TPSA) is 86.8 Å².